The number of nitrogens with one attached hydrogen (secondary N) is 1. The number of halogens is 2. The van der Waals surface area contributed by atoms with Gasteiger partial charge in [0.15, 0.2) is 0 Å². The van der Waals surface area contributed by atoms with E-state index >= 15 is 0 Å². The molecule has 0 saturated carbocycles. The molecule has 3 rings (SSSR count). The number of pyridine rings is 1. The van der Waals surface area contributed by atoms with Crippen LogP contribution >= 0.6 is 23.2 Å². The molecule has 7 heteroatoms. The van der Waals surface area contributed by atoms with Crippen LogP contribution in [0.4, 0.5) is 5.69 Å². The van der Waals surface area contributed by atoms with Gasteiger partial charge >= 0.3 is 0 Å². The van der Waals surface area contributed by atoms with E-state index in [0.29, 0.717) is 21.3 Å². The summed E-state index contributed by atoms with van der Waals surface area (Å²) in [5.74, 6) is 0.457. The fourth-order valence-electron chi connectivity index (χ4n) is 3.59. The van der Waals surface area contributed by atoms with Crippen LogP contribution in [-0.4, -0.2) is 22.6 Å². The lowest BCUT2D eigenvalue weighted by Crippen LogP contribution is -2.13. The molecular formula is C20H21Cl2N3O2. The van der Waals surface area contributed by atoms with Gasteiger partial charge in [-0.25, -0.2) is 0 Å². The number of carbonyl (C=O) groups excluding carboxylic acids is 1. The third-order valence-electron chi connectivity index (χ3n) is 4.78. The molecule has 0 atom stereocenters. The maximum Gasteiger partial charge on any atom is 0.256 e. The minimum absolute atomic E-state index is 0.277. The second-order valence-corrected chi connectivity index (χ2v) is 6.98. The zero-order valence-corrected chi connectivity index (χ0v) is 17.2. The Labute approximate surface area is 168 Å². The number of rotatable bonds is 5. The molecule has 0 aliphatic carbocycles. The van der Waals surface area contributed by atoms with E-state index in [1.807, 2.05) is 13.1 Å². The fraction of sp³-hybridized carbons (Fsp3) is 0.300. The average Bonchev–Trinajstić information content (AvgIpc) is 2.96. The van der Waals surface area contributed by atoms with Crippen molar-refractivity contribution in [2.75, 3.05) is 12.4 Å². The highest BCUT2D eigenvalue weighted by Crippen LogP contribution is 2.37. The summed E-state index contributed by atoms with van der Waals surface area (Å²) in [4.78, 5) is 17.0. The molecule has 5 nitrogen and oxygen atoms in total. The van der Waals surface area contributed by atoms with Crippen LogP contribution in [0, 0.1) is 0 Å². The maximum absolute atomic E-state index is 13.1. The molecule has 1 amide bonds. The summed E-state index contributed by atoms with van der Waals surface area (Å²) in [7, 11) is 3.64. The predicted octanol–water partition coefficient (Wildman–Crippen LogP) is 5.27. The van der Waals surface area contributed by atoms with Crippen LogP contribution in [0.15, 0.2) is 24.5 Å². The number of benzene rings is 1. The second kappa shape index (κ2) is 7.79. The first-order chi connectivity index (χ1) is 12.9. The number of methoxy groups -OCH3 is 1. The standard InChI is InChI=1S/C20H21Cl2N3O2/c1-5-11-15(6-2)25(3)19-16(27-4)8-7-12(17(11)19)20(26)24-18-13(21)9-23-10-14(18)22/h7-10H,5-6H2,1-4H3,(H,23,24,26). The van der Waals surface area contributed by atoms with Crippen molar-refractivity contribution in [3.05, 3.63) is 51.4 Å². The van der Waals surface area contributed by atoms with Gasteiger partial charge < -0.3 is 14.6 Å². The summed E-state index contributed by atoms with van der Waals surface area (Å²) in [5, 5.41) is 4.31. The molecule has 1 aromatic carbocycles. The van der Waals surface area contributed by atoms with Gasteiger partial charge in [0.1, 0.15) is 5.75 Å². The highest BCUT2D eigenvalue weighted by atomic mass is 35.5. The van der Waals surface area contributed by atoms with Crippen LogP contribution in [0.3, 0.4) is 0 Å². The van der Waals surface area contributed by atoms with Gasteiger partial charge in [-0.2, -0.15) is 0 Å². The largest absolute Gasteiger partial charge is 0.495 e. The summed E-state index contributed by atoms with van der Waals surface area (Å²) < 4.78 is 7.66. The predicted molar refractivity (Wildman–Crippen MR) is 110 cm³/mol. The van der Waals surface area contributed by atoms with Crippen LogP contribution in [0.1, 0.15) is 35.5 Å². The third kappa shape index (κ3) is 3.26. The zero-order chi connectivity index (χ0) is 19.7. The molecule has 0 spiro atoms. The zero-order valence-electron chi connectivity index (χ0n) is 15.7. The lowest BCUT2D eigenvalue weighted by atomic mass is 10.0. The number of ether oxygens (including phenoxy) is 1. The molecule has 2 heterocycles. The quantitative estimate of drug-likeness (QED) is 0.629. The van der Waals surface area contributed by atoms with Crippen molar-refractivity contribution in [3.63, 3.8) is 0 Å². The molecule has 0 unspecified atom stereocenters. The van der Waals surface area contributed by atoms with E-state index in [-0.39, 0.29) is 5.91 Å². The van der Waals surface area contributed by atoms with Crippen LogP contribution in [0.25, 0.3) is 10.9 Å². The number of carbonyl (C=O) groups is 1. The van der Waals surface area contributed by atoms with Crippen molar-refractivity contribution in [1.82, 2.24) is 9.55 Å². The van der Waals surface area contributed by atoms with Crippen molar-refractivity contribution in [3.8, 4) is 5.75 Å². The molecule has 142 valence electrons. The summed E-state index contributed by atoms with van der Waals surface area (Å²) in [6.45, 7) is 4.20. The van der Waals surface area contributed by atoms with Gasteiger partial charge in [-0.05, 0) is 30.5 Å². The molecule has 0 radical (unpaired) electrons. The van der Waals surface area contributed by atoms with Gasteiger partial charge in [-0.15, -0.1) is 0 Å². The lowest BCUT2D eigenvalue weighted by molar-refractivity contribution is 0.102. The molecule has 0 aliphatic rings. The third-order valence-corrected chi connectivity index (χ3v) is 5.35. The smallest absolute Gasteiger partial charge is 0.256 e. The Balaban J connectivity index is 2.21. The van der Waals surface area contributed by atoms with Gasteiger partial charge in [-0.3, -0.25) is 9.78 Å². The molecule has 2 aromatic heterocycles. The van der Waals surface area contributed by atoms with Crippen LogP contribution in [0.5, 0.6) is 5.75 Å². The monoisotopic (exact) mass is 405 g/mol. The topological polar surface area (TPSA) is 56.1 Å². The van der Waals surface area contributed by atoms with E-state index < -0.39 is 0 Å². The highest BCUT2D eigenvalue weighted by Gasteiger charge is 2.23. The normalized spacial score (nSPS) is 11.0. The number of amides is 1. The lowest BCUT2D eigenvalue weighted by Gasteiger charge is -2.12. The molecule has 27 heavy (non-hydrogen) atoms. The summed E-state index contributed by atoms with van der Waals surface area (Å²) >= 11 is 12.3. The average molecular weight is 406 g/mol. The number of hydrogen-bond acceptors (Lipinski definition) is 3. The molecule has 3 aromatic rings. The molecule has 0 bridgehead atoms. The van der Waals surface area contributed by atoms with Crippen molar-refractivity contribution < 1.29 is 9.53 Å². The van der Waals surface area contributed by atoms with Crippen molar-refractivity contribution >= 4 is 45.7 Å². The van der Waals surface area contributed by atoms with E-state index in [0.717, 1.165) is 35.1 Å². The minimum atomic E-state index is -0.277. The minimum Gasteiger partial charge on any atom is -0.495 e. The van der Waals surface area contributed by atoms with Gasteiger partial charge in [0, 0.05) is 36.1 Å². The Morgan fingerprint density at radius 1 is 1.19 bits per heavy atom. The van der Waals surface area contributed by atoms with E-state index in [9.17, 15) is 4.79 Å². The van der Waals surface area contributed by atoms with E-state index in [2.05, 4.69) is 28.7 Å². The maximum atomic E-state index is 13.1. The van der Waals surface area contributed by atoms with E-state index in [4.69, 9.17) is 27.9 Å². The summed E-state index contributed by atoms with van der Waals surface area (Å²) in [5.41, 5.74) is 4.15. The molecule has 0 fully saturated rings. The SMILES string of the molecule is CCc1c(CC)n(C)c2c(OC)ccc(C(=O)Nc3c(Cl)cncc3Cl)c12. The number of nitrogens with zero attached hydrogens (tertiary/aromatic N) is 2. The van der Waals surface area contributed by atoms with Crippen LogP contribution < -0.4 is 10.1 Å². The first kappa shape index (κ1) is 19.5. The Morgan fingerprint density at radius 2 is 1.85 bits per heavy atom. The fourth-order valence-corrected chi connectivity index (χ4v) is 4.05. The van der Waals surface area contributed by atoms with Gasteiger partial charge in [0.2, 0.25) is 0 Å². The highest BCUT2D eigenvalue weighted by molar-refractivity contribution is 6.39. The summed E-state index contributed by atoms with van der Waals surface area (Å²) in [6, 6.07) is 3.59. The second-order valence-electron chi connectivity index (χ2n) is 6.16. The van der Waals surface area contributed by atoms with Gasteiger partial charge in [-0.1, -0.05) is 37.0 Å². The molecule has 0 saturated heterocycles. The Bertz CT molecular complexity index is 1010. The van der Waals surface area contributed by atoms with Crippen LogP contribution in [0.2, 0.25) is 10.0 Å². The Morgan fingerprint density at radius 3 is 2.41 bits per heavy atom. The number of hydrogen-bond donors (Lipinski definition) is 1. The van der Waals surface area contributed by atoms with Crippen molar-refractivity contribution in [1.29, 1.82) is 0 Å². The Kier molecular flexibility index (Phi) is 5.63. The number of fused-ring (bicyclic) bond motifs is 1. The van der Waals surface area contributed by atoms with Gasteiger partial charge in [0.25, 0.3) is 5.91 Å². The van der Waals surface area contributed by atoms with E-state index in [1.54, 1.807) is 13.2 Å². The van der Waals surface area contributed by atoms with Crippen LogP contribution in [-0.2, 0) is 19.9 Å². The first-order valence-electron chi connectivity index (χ1n) is 8.71. The molecular weight excluding hydrogens is 385 g/mol. The number of anilines is 1. The molecule has 0 aliphatic heterocycles. The number of aryl methyl sites for hydroxylation is 2. The van der Waals surface area contributed by atoms with E-state index in [1.165, 1.54) is 18.1 Å². The summed E-state index contributed by atoms with van der Waals surface area (Å²) in [6.07, 6.45) is 4.56. The molecule has 1 N–H and O–H groups in total. The van der Waals surface area contributed by atoms with Gasteiger partial charge in [0.05, 0.1) is 28.4 Å². The number of aromatic nitrogens is 2. The first-order valence-corrected chi connectivity index (χ1v) is 9.47. The van der Waals surface area contributed by atoms with Crippen molar-refractivity contribution in [2.24, 2.45) is 7.05 Å². The Hall–Kier alpha value is -2.24. The van der Waals surface area contributed by atoms with Crippen molar-refractivity contribution in [2.45, 2.75) is 26.7 Å².